The Morgan fingerprint density at radius 2 is 1.97 bits per heavy atom. The Balaban J connectivity index is 1.70. The fourth-order valence-electron chi connectivity index (χ4n) is 4.92. The summed E-state index contributed by atoms with van der Waals surface area (Å²) < 4.78 is 42.0. The van der Waals surface area contributed by atoms with Crippen molar-refractivity contribution in [2.75, 3.05) is 18.4 Å². The summed E-state index contributed by atoms with van der Waals surface area (Å²) in [4.78, 5) is 26.6. The Morgan fingerprint density at radius 3 is 2.58 bits per heavy atom. The van der Waals surface area contributed by atoms with Crippen LogP contribution in [0.5, 0.6) is 0 Å². The third-order valence-electron chi connectivity index (χ3n) is 7.64. The molecule has 0 spiro atoms. The number of aromatic amines is 1. The number of piperidine rings is 1. The number of carbonyl (C=O) groups excluding carboxylic acids is 1. The van der Waals surface area contributed by atoms with Crippen LogP contribution < -0.4 is 10.6 Å². The molecule has 0 saturated carbocycles. The van der Waals surface area contributed by atoms with Crippen LogP contribution in [0.3, 0.4) is 0 Å². The second-order valence-electron chi connectivity index (χ2n) is 11.8. The Labute approximate surface area is 210 Å². The Morgan fingerprint density at radius 1 is 1.25 bits per heavy atom. The molecule has 7 nitrogen and oxygen atoms in total. The molecule has 1 fully saturated rings. The van der Waals surface area contributed by atoms with Crippen molar-refractivity contribution >= 4 is 11.9 Å². The third-order valence-corrected chi connectivity index (χ3v) is 7.64. The van der Waals surface area contributed by atoms with Gasteiger partial charge in [-0.15, -0.1) is 0 Å². The number of hydrogen-bond donors (Lipinski definition) is 3. The van der Waals surface area contributed by atoms with Crippen molar-refractivity contribution in [3.05, 3.63) is 29.2 Å². The minimum Gasteiger partial charge on any atom is -0.356 e. The van der Waals surface area contributed by atoms with E-state index in [9.17, 15) is 18.0 Å². The summed E-state index contributed by atoms with van der Waals surface area (Å²) in [6.45, 7) is 13.7. The lowest BCUT2D eigenvalue weighted by Gasteiger charge is -2.37. The average Bonchev–Trinajstić information content (AvgIpc) is 3.12. The minimum atomic E-state index is -4.63. The highest BCUT2D eigenvalue weighted by Crippen LogP contribution is 2.39. The first-order chi connectivity index (χ1) is 16.7. The van der Waals surface area contributed by atoms with Crippen LogP contribution in [0.1, 0.15) is 82.4 Å². The van der Waals surface area contributed by atoms with Crippen LogP contribution in [-0.2, 0) is 12.6 Å². The zero-order chi connectivity index (χ0) is 26.5. The van der Waals surface area contributed by atoms with Gasteiger partial charge in [-0.2, -0.15) is 13.2 Å². The molecule has 3 N–H and O–H groups in total. The predicted octanol–water partition coefficient (Wildman–Crippen LogP) is 5.26. The molecule has 1 saturated heterocycles. The molecule has 4 rings (SSSR count). The summed E-state index contributed by atoms with van der Waals surface area (Å²) in [5.74, 6) is -0.0320. The molecule has 198 valence electrons. The predicted molar refractivity (Wildman–Crippen MR) is 134 cm³/mol. The number of carbonyl (C=O) groups is 1. The van der Waals surface area contributed by atoms with Gasteiger partial charge in [0.1, 0.15) is 11.3 Å². The maximum absolute atomic E-state index is 14.0. The minimum absolute atomic E-state index is 0.0139. The van der Waals surface area contributed by atoms with E-state index in [1.54, 1.807) is 0 Å². The number of nitrogens with one attached hydrogen (secondary N) is 3. The Kier molecular flexibility index (Phi) is 6.87. The van der Waals surface area contributed by atoms with E-state index >= 15 is 0 Å². The average molecular weight is 507 g/mol. The van der Waals surface area contributed by atoms with E-state index < -0.39 is 11.7 Å². The zero-order valence-electron chi connectivity index (χ0n) is 21.9. The lowest BCUT2D eigenvalue weighted by molar-refractivity contribution is -0.137. The van der Waals surface area contributed by atoms with Crippen molar-refractivity contribution in [1.29, 1.82) is 0 Å². The molecule has 36 heavy (non-hydrogen) atoms. The van der Waals surface area contributed by atoms with E-state index in [-0.39, 0.29) is 40.6 Å². The van der Waals surface area contributed by atoms with Crippen molar-refractivity contribution in [2.45, 2.75) is 91.0 Å². The van der Waals surface area contributed by atoms with Gasteiger partial charge in [0.2, 0.25) is 5.95 Å². The number of nitrogens with zero attached hydrogens (tertiary/aromatic N) is 3. The Bertz CT molecular complexity index is 1110. The highest BCUT2D eigenvalue weighted by Gasteiger charge is 2.39. The summed E-state index contributed by atoms with van der Waals surface area (Å²) in [5.41, 5.74) is 0.0247. The van der Waals surface area contributed by atoms with E-state index in [0.29, 0.717) is 42.8 Å². The third kappa shape index (κ3) is 5.38. The monoisotopic (exact) mass is 506 g/mol. The fraction of sp³-hybridized carbons (Fsp3) is 0.654. The smallest absolute Gasteiger partial charge is 0.356 e. The topological polar surface area (TPSA) is 85.9 Å². The van der Waals surface area contributed by atoms with Crippen LogP contribution in [0.4, 0.5) is 19.1 Å². The van der Waals surface area contributed by atoms with Gasteiger partial charge in [-0.05, 0) is 57.4 Å². The zero-order valence-corrected chi connectivity index (χ0v) is 21.9. The normalized spacial score (nSPS) is 21.6. The molecule has 0 bridgehead atoms. The molecule has 2 aliphatic heterocycles. The van der Waals surface area contributed by atoms with Crippen LogP contribution in [0.25, 0.3) is 11.3 Å². The number of hydrogen-bond acceptors (Lipinski definition) is 5. The largest absolute Gasteiger partial charge is 0.419 e. The Hall–Kier alpha value is -2.62. The quantitative estimate of drug-likeness (QED) is 0.527. The SMILES string of the molecule is CC(N1CCCc2c(-c3nc(NC4CCC(C)(C)NC4)ncc3C(F)(F)F)c[nH]c2C1=O)C(C)(C)C. The van der Waals surface area contributed by atoms with Crippen molar-refractivity contribution in [3.8, 4) is 11.3 Å². The molecular formula is C26H37F3N6O. The highest BCUT2D eigenvalue weighted by molar-refractivity contribution is 5.97. The summed E-state index contributed by atoms with van der Waals surface area (Å²) in [6.07, 6.45) is 0.626. The standard InChI is InChI=1S/C26H37F3N6O/c1-15(24(2,3)4)35-11-7-8-17-18(13-30-21(17)22(35)36)20-19(26(27,28)29)14-31-23(34-20)33-16-9-10-25(5,6)32-12-16/h13-16,30,32H,7-12H2,1-6H3,(H,31,33,34). The molecule has 2 aromatic heterocycles. The first-order valence-corrected chi connectivity index (χ1v) is 12.6. The lowest BCUT2D eigenvalue weighted by Crippen LogP contribution is -2.50. The van der Waals surface area contributed by atoms with Crippen LogP contribution >= 0.6 is 0 Å². The second-order valence-corrected chi connectivity index (χ2v) is 11.8. The molecule has 1 amide bonds. The molecule has 2 unspecified atom stereocenters. The summed E-state index contributed by atoms with van der Waals surface area (Å²) >= 11 is 0. The van der Waals surface area contributed by atoms with Crippen LogP contribution in [-0.4, -0.2) is 56.5 Å². The summed E-state index contributed by atoms with van der Waals surface area (Å²) in [6, 6.07) is -0.0163. The maximum atomic E-state index is 14.0. The van der Waals surface area contributed by atoms with E-state index in [1.165, 1.54) is 6.20 Å². The van der Waals surface area contributed by atoms with E-state index in [1.807, 2.05) is 11.8 Å². The summed E-state index contributed by atoms with van der Waals surface area (Å²) in [5, 5.41) is 6.64. The van der Waals surface area contributed by atoms with Gasteiger partial charge in [-0.25, -0.2) is 9.97 Å². The molecule has 2 aliphatic rings. The molecule has 0 aliphatic carbocycles. The maximum Gasteiger partial charge on any atom is 0.419 e. The number of alkyl halides is 3. The molecule has 2 aromatic rings. The first-order valence-electron chi connectivity index (χ1n) is 12.6. The van der Waals surface area contributed by atoms with Gasteiger partial charge in [-0.3, -0.25) is 4.79 Å². The van der Waals surface area contributed by atoms with Gasteiger partial charge in [0.05, 0.1) is 5.69 Å². The van der Waals surface area contributed by atoms with Crippen molar-refractivity contribution < 1.29 is 18.0 Å². The lowest BCUT2D eigenvalue weighted by atomic mass is 9.86. The number of H-pyrrole nitrogens is 1. The number of halogens is 3. The van der Waals surface area contributed by atoms with Gasteiger partial charge in [-0.1, -0.05) is 20.8 Å². The number of rotatable bonds is 4. The van der Waals surface area contributed by atoms with Crippen LogP contribution in [0.15, 0.2) is 12.4 Å². The van der Waals surface area contributed by atoms with E-state index in [2.05, 4.69) is 60.2 Å². The van der Waals surface area contributed by atoms with Crippen LogP contribution in [0, 0.1) is 5.41 Å². The first kappa shape index (κ1) is 26.4. The van der Waals surface area contributed by atoms with Gasteiger partial charge in [0, 0.05) is 48.7 Å². The van der Waals surface area contributed by atoms with E-state index in [4.69, 9.17) is 0 Å². The molecule has 0 radical (unpaired) electrons. The van der Waals surface area contributed by atoms with Gasteiger partial charge in [0.15, 0.2) is 0 Å². The van der Waals surface area contributed by atoms with Gasteiger partial charge in [0.25, 0.3) is 5.91 Å². The van der Waals surface area contributed by atoms with Gasteiger partial charge >= 0.3 is 6.18 Å². The van der Waals surface area contributed by atoms with Crippen molar-refractivity contribution in [3.63, 3.8) is 0 Å². The molecular weight excluding hydrogens is 469 g/mol. The molecule has 2 atom stereocenters. The molecule has 0 aromatic carbocycles. The molecule has 4 heterocycles. The summed E-state index contributed by atoms with van der Waals surface area (Å²) in [7, 11) is 0. The van der Waals surface area contributed by atoms with Crippen molar-refractivity contribution in [1.82, 2.24) is 25.2 Å². The number of amides is 1. The van der Waals surface area contributed by atoms with Gasteiger partial charge < -0.3 is 20.5 Å². The number of anilines is 1. The fourth-order valence-corrected chi connectivity index (χ4v) is 4.92. The van der Waals surface area contributed by atoms with Crippen molar-refractivity contribution in [2.24, 2.45) is 5.41 Å². The number of fused-ring (bicyclic) bond motifs is 1. The van der Waals surface area contributed by atoms with Crippen LogP contribution in [0.2, 0.25) is 0 Å². The highest BCUT2D eigenvalue weighted by atomic mass is 19.4. The van der Waals surface area contributed by atoms with E-state index in [0.717, 1.165) is 19.0 Å². The molecule has 10 heteroatoms. The second kappa shape index (κ2) is 9.36. The number of aromatic nitrogens is 3.